The Balaban J connectivity index is 1.33. The minimum atomic E-state index is -0.880. The molecule has 11 heteroatoms. The lowest BCUT2D eigenvalue weighted by Crippen LogP contribution is -2.27. The molecule has 186 valence electrons. The summed E-state index contributed by atoms with van der Waals surface area (Å²) in [4.78, 5) is 25.2. The lowest BCUT2D eigenvalue weighted by atomic mass is 9.87. The Morgan fingerprint density at radius 3 is 2.89 bits per heavy atom. The molecule has 1 unspecified atom stereocenters. The summed E-state index contributed by atoms with van der Waals surface area (Å²) in [5.41, 5.74) is 4.89. The van der Waals surface area contributed by atoms with E-state index in [1.807, 2.05) is 50.5 Å². The fourth-order valence-electron chi connectivity index (χ4n) is 4.61. The Morgan fingerprint density at radius 1 is 1.25 bits per heavy atom. The maximum Gasteiger partial charge on any atom is 0.483 e. The molecule has 5 rings (SSSR count). The Morgan fingerprint density at radius 2 is 2.11 bits per heavy atom. The highest BCUT2D eigenvalue weighted by molar-refractivity contribution is 7.97. The Kier molecular flexibility index (Phi) is 7.04. The van der Waals surface area contributed by atoms with E-state index in [1.165, 1.54) is 5.56 Å². The van der Waals surface area contributed by atoms with Gasteiger partial charge in [0.2, 0.25) is 0 Å². The van der Waals surface area contributed by atoms with Gasteiger partial charge in [0.15, 0.2) is 0 Å². The molecular weight excluding hydrogens is 477 g/mol. The van der Waals surface area contributed by atoms with Gasteiger partial charge in [0.25, 0.3) is 5.56 Å². The second kappa shape index (κ2) is 10.4. The summed E-state index contributed by atoms with van der Waals surface area (Å²) < 4.78 is 11.5. The number of fused-ring (bicyclic) bond motifs is 1. The van der Waals surface area contributed by atoms with E-state index >= 15 is 0 Å². The van der Waals surface area contributed by atoms with Crippen LogP contribution in [0.1, 0.15) is 43.5 Å². The number of hydrogen-bond donors (Lipinski definition) is 3. The van der Waals surface area contributed by atoms with Gasteiger partial charge in [-0.3, -0.25) is 14.2 Å². The summed E-state index contributed by atoms with van der Waals surface area (Å²) in [6.45, 7) is 4.27. The van der Waals surface area contributed by atoms with Gasteiger partial charge in [-0.25, -0.2) is 4.79 Å². The van der Waals surface area contributed by atoms with Crippen LogP contribution in [-0.4, -0.2) is 39.1 Å². The molecule has 2 aromatic heterocycles. The molecule has 0 radical (unpaired) electrons. The van der Waals surface area contributed by atoms with Crippen molar-refractivity contribution in [2.45, 2.75) is 50.2 Å². The second-order valence-corrected chi connectivity index (χ2v) is 10.0. The van der Waals surface area contributed by atoms with Crippen LogP contribution in [0.3, 0.4) is 0 Å². The van der Waals surface area contributed by atoms with E-state index in [4.69, 9.17) is 4.65 Å². The van der Waals surface area contributed by atoms with E-state index < -0.39 is 7.12 Å². The summed E-state index contributed by atoms with van der Waals surface area (Å²) >= 11 is 1.12. The summed E-state index contributed by atoms with van der Waals surface area (Å²) in [6, 6.07) is 8.91. The molecule has 1 aromatic carbocycles. The first-order valence-corrected chi connectivity index (χ1v) is 12.8. The van der Waals surface area contributed by atoms with Gasteiger partial charge in [-0.2, -0.15) is 5.10 Å². The Labute approximate surface area is 213 Å². The number of benzene rings is 1. The number of pyridine rings is 1. The van der Waals surface area contributed by atoms with Crippen LogP contribution in [0.2, 0.25) is 0 Å². The van der Waals surface area contributed by atoms with Crippen molar-refractivity contribution in [3.8, 4) is 11.1 Å². The number of nitrogens with one attached hydrogen (secondary N) is 2. The number of urea groups is 1. The molecular formula is C25H28BN5O4S. The van der Waals surface area contributed by atoms with Crippen molar-refractivity contribution < 1.29 is 14.5 Å². The standard InChI is InChI=1S/C25H28BN5O4S/c1-16(2)30-14-18(7-9-23(30)32)21-8-6-17-4-3-5-20(17)24(21)27-25(33)29-36-22-11-13-31(28-22)19-10-12-26(34)35-15-19/h6-14,16,19,34H,3-5,15H2,1-2H3,(H2,27,29,33). The van der Waals surface area contributed by atoms with Crippen molar-refractivity contribution in [1.82, 2.24) is 19.1 Å². The highest BCUT2D eigenvalue weighted by atomic mass is 32.2. The van der Waals surface area contributed by atoms with E-state index in [-0.39, 0.29) is 23.7 Å². The molecule has 1 atom stereocenters. The van der Waals surface area contributed by atoms with Crippen molar-refractivity contribution in [2.75, 3.05) is 11.9 Å². The van der Waals surface area contributed by atoms with Crippen LogP contribution in [0.5, 0.6) is 0 Å². The molecule has 2 amide bonds. The maximum atomic E-state index is 13.0. The number of amides is 2. The van der Waals surface area contributed by atoms with Crippen LogP contribution in [0.25, 0.3) is 11.1 Å². The topological polar surface area (TPSA) is 110 Å². The van der Waals surface area contributed by atoms with Crippen molar-refractivity contribution in [2.24, 2.45) is 0 Å². The van der Waals surface area contributed by atoms with Gasteiger partial charge in [-0.1, -0.05) is 24.2 Å². The lowest BCUT2D eigenvalue weighted by molar-refractivity contribution is 0.222. The molecule has 0 saturated carbocycles. The third-order valence-electron chi connectivity index (χ3n) is 6.43. The van der Waals surface area contributed by atoms with Gasteiger partial charge in [0, 0.05) is 47.6 Å². The SMILES string of the molecule is CC(C)n1cc(-c2ccc3c(c2NC(=O)NSc2ccn(C4C=CB(O)OC4)n2)CCC3)ccc1=O. The van der Waals surface area contributed by atoms with Crippen LogP contribution in [0, 0.1) is 0 Å². The van der Waals surface area contributed by atoms with Crippen molar-refractivity contribution in [3.05, 3.63) is 76.3 Å². The zero-order chi connectivity index (χ0) is 25.2. The van der Waals surface area contributed by atoms with Crippen LogP contribution >= 0.6 is 11.9 Å². The molecule has 0 fully saturated rings. The molecule has 1 aliphatic heterocycles. The van der Waals surface area contributed by atoms with Crippen LogP contribution in [0.4, 0.5) is 10.5 Å². The number of anilines is 1. The fourth-order valence-corrected chi connectivity index (χ4v) is 5.12. The number of aromatic nitrogens is 3. The first-order chi connectivity index (χ1) is 17.4. The van der Waals surface area contributed by atoms with E-state index in [9.17, 15) is 14.6 Å². The van der Waals surface area contributed by atoms with Gasteiger partial charge in [0.1, 0.15) is 5.03 Å². The average Bonchev–Trinajstić information content (AvgIpc) is 3.54. The van der Waals surface area contributed by atoms with Crippen LogP contribution in [0.15, 0.2) is 64.6 Å². The van der Waals surface area contributed by atoms with Gasteiger partial charge in [-0.15, -0.1) is 0 Å². The third-order valence-corrected chi connectivity index (χ3v) is 7.15. The highest BCUT2D eigenvalue weighted by Crippen LogP contribution is 2.37. The predicted octanol–water partition coefficient (Wildman–Crippen LogP) is 3.76. The molecule has 0 saturated heterocycles. The summed E-state index contributed by atoms with van der Waals surface area (Å²) in [7, 11) is -0.880. The van der Waals surface area contributed by atoms with E-state index in [1.54, 1.807) is 21.3 Å². The van der Waals surface area contributed by atoms with Gasteiger partial charge < -0.3 is 19.6 Å². The third kappa shape index (κ3) is 5.13. The highest BCUT2D eigenvalue weighted by Gasteiger charge is 2.22. The predicted molar refractivity (Wildman–Crippen MR) is 141 cm³/mol. The van der Waals surface area contributed by atoms with E-state index in [2.05, 4.69) is 21.2 Å². The maximum absolute atomic E-state index is 13.0. The normalized spacial score (nSPS) is 16.9. The Hall–Kier alpha value is -3.28. The zero-order valence-corrected chi connectivity index (χ0v) is 21.0. The first-order valence-electron chi connectivity index (χ1n) is 12.0. The fraction of sp³-hybridized carbons (Fsp3) is 0.320. The summed E-state index contributed by atoms with van der Waals surface area (Å²) in [5.74, 6) is 1.58. The molecule has 0 spiro atoms. The number of carbonyl (C=O) groups excluding carboxylic acids is 1. The molecule has 1 aliphatic carbocycles. The average molecular weight is 505 g/mol. The van der Waals surface area contributed by atoms with Crippen molar-refractivity contribution in [1.29, 1.82) is 0 Å². The van der Waals surface area contributed by atoms with Crippen molar-refractivity contribution >= 4 is 30.8 Å². The Bertz CT molecular complexity index is 1370. The molecule has 2 aliphatic rings. The van der Waals surface area contributed by atoms with E-state index in [0.29, 0.717) is 11.6 Å². The monoisotopic (exact) mass is 505 g/mol. The number of hydrogen-bond acceptors (Lipinski definition) is 6. The van der Waals surface area contributed by atoms with Crippen molar-refractivity contribution in [3.63, 3.8) is 0 Å². The van der Waals surface area contributed by atoms with Gasteiger partial charge in [0.05, 0.1) is 18.3 Å². The molecule has 36 heavy (non-hydrogen) atoms. The number of aryl methyl sites for hydroxylation is 1. The van der Waals surface area contributed by atoms with Crippen LogP contribution < -0.4 is 15.6 Å². The van der Waals surface area contributed by atoms with Crippen LogP contribution in [-0.2, 0) is 17.5 Å². The number of carbonyl (C=O) groups is 1. The molecule has 9 nitrogen and oxygen atoms in total. The molecule has 3 N–H and O–H groups in total. The van der Waals surface area contributed by atoms with E-state index in [0.717, 1.165) is 53.6 Å². The number of nitrogens with zero attached hydrogens (tertiary/aromatic N) is 3. The summed E-state index contributed by atoms with van der Waals surface area (Å²) in [6.07, 6.45) is 8.44. The lowest BCUT2D eigenvalue weighted by Gasteiger charge is -2.19. The second-order valence-electron chi connectivity index (χ2n) is 9.20. The summed E-state index contributed by atoms with van der Waals surface area (Å²) in [5, 5.41) is 17.6. The zero-order valence-electron chi connectivity index (χ0n) is 20.2. The van der Waals surface area contributed by atoms with Gasteiger partial charge >= 0.3 is 13.1 Å². The minimum Gasteiger partial charge on any atom is -0.423 e. The number of rotatable bonds is 6. The van der Waals surface area contributed by atoms with Gasteiger partial charge in [-0.05, 0) is 56.4 Å². The smallest absolute Gasteiger partial charge is 0.423 e. The minimum absolute atomic E-state index is 0.0310. The largest absolute Gasteiger partial charge is 0.483 e. The molecule has 3 heterocycles. The molecule has 3 aromatic rings. The first kappa shape index (κ1) is 24.4. The quantitative estimate of drug-likeness (QED) is 0.348. The molecule has 0 bridgehead atoms.